The molecule has 2 rings (SSSR count). The van der Waals surface area contributed by atoms with Crippen LogP contribution in [0.5, 0.6) is 0 Å². The molecule has 3 amide bonds. The van der Waals surface area contributed by atoms with Crippen molar-refractivity contribution in [2.45, 2.75) is 13.0 Å². The van der Waals surface area contributed by atoms with Crippen molar-refractivity contribution in [3.05, 3.63) is 29.3 Å². The van der Waals surface area contributed by atoms with Crippen molar-refractivity contribution in [2.24, 2.45) is 0 Å². The van der Waals surface area contributed by atoms with Gasteiger partial charge in [0.05, 0.1) is 6.42 Å². The Morgan fingerprint density at radius 2 is 2.24 bits per heavy atom. The molecule has 0 radical (unpaired) electrons. The SMILES string of the molecule is CNC(=O)NCc1ccc2c(c1)CC(=O)N2C. The minimum Gasteiger partial charge on any atom is -0.341 e. The number of nitrogens with zero attached hydrogens (tertiary/aromatic N) is 1. The fourth-order valence-electron chi connectivity index (χ4n) is 1.90. The van der Waals surface area contributed by atoms with Gasteiger partial charge in [-0.05, 0) is 17.2 Å². The number of benzene rings is 1. The van der Waals surface area contributed by atoms with E-state index in [1.165, 1.54) is 0 Å². The van der Waals surface area contributed by atoms with Crippen LogP contribution < -0.4 is 15.5 Å². The molecule has 90 valence electrons. The number of nitrogens with one attached hydrogen (secondary N) is 2. The Balaban J connectivity index is 2.11. The van der Waals surface area contributed by atoms with Gasteiger partial charge < -0.3 is 15.5 Å². The molecule has 2 N–H and O–H groups in total. The minimum absolute atomic E-state index is 0.108. The highest BCUT2D eigenvalue weighted by Gasteiger charge is 2.23. The first-order chi connectivity index (χ1) is 8.11. The van der Waals surface area contributed by atoms with E-state index in [0.29, 0.717) is 13.0 Å². The van der Waals surface area contributed by atoms with Gasteiger partial charge in [-0.25, -0.2) is 4.79 Å². The number of hydrogen-bond acceptors (Lipinski definition) is 2. The highest BCUT2D eigenvalue weighted by atomic mass is 16.2. The van der Waals surface area contributed by atoms with E-state index in [9.17, 15) is 9.59 Å². The smallest absolute Gasteiger partial charge is 0.314 e. The number of carbonyl (C=O) groups is 2. The molecule has 1 aliphatic rings. The highest BCUT2D eigenvalue weighted by molar-refractivity contribution is 6.00. The van der Waals surface area contributed by atoms with Crippen molar-refractivity contribution in [1.82, 2.24) is 10.6 Å². The van der Waals surface area contributed by atoms with Crippen LogP contribution in [0.4, 0.5) is 10.5 Å². The summed E-state index contributed by atoms with van der Waals surface area (Å²) < 4.78 is 0. The summed E-state index contributed by atoms with van der Waals surface area (Å²) in [5.41, 5.74) is 2.97. The van der Waals surface area contributed by atoms with Gasteiger partial charge >= 0.3 is 6.03 Å². The Kier molecular flexibility index (Phi) is 2.99. The van der Waals surface area contributed by atoms with Crippen molar-refractivity contribution >= 4 is 17.6 Å². The van der Waals surface area contributed by atoms with E-state index < -0.39 is 0 Å². The normalized spacial score (nSPS) is 13.5. The fraction of sp³-hybridized carbons (Fsp3) is 0.333. The maximum atomic E-state index is 11.5. The minimum atomic E-state index is -0.210. The van der Waals surface area contributed by atoms with E-state index in [4.69, 9.17) is 0 Å². The Bertz CT molecular complexity index is 471. The standard InChI is InChI=1S/C12H15N3O2/c1-13-12(17)14-7-8-3-4-10-9(5-8)6-11(16)15(10)2/h3-5H,6-7H2,1-2H3,(H2,13,14,17). The van der Waals surface area contributed by atoms with Gasteiger partial charge in [0.15, 0.2) is 0 Å². The van der Waals surface area contributed by atoms with Gasteiger partial charge in [-0.15, -0.1) is 0 Å². The molecule has 0 unspecified atom stereocenters. The molecule has 1 aromatic carbocycles. The number of carbonyl (C=O) groups excluding carboxylic acids is 2. The average Bonchev–Trinajstić information content (AvgIpc) is 2.62. The van der Waals surface area contributed by atoms with Crippen molar-refractivity contribution in [3.63, 3.8) is 0 Å². The number of fused-ring (bicyclic) bond motifs is 1. The maximum Gasteiger partial charge on any atom is 0.314 e. The van der Waals surface area contributed by atoms with Gasteiger partial charge in [0.2, 0.25) is 5.91 Å². The van der Waals surface area contributed by atoms with Crippen molar-refractivity contribution in [1.29, 1.82) is 0 Å². The topological polar surface area (TPSA) is 61.4 Å². The summed E-state index contributed by atoms with van der Waals surface area (Å²) in [7, 11) is 3.35. The van der Waals surface area contributed by atoms with Gasteiger partial charge in [0.25, 0.3) is 0 Å². The first kappa shape index (κ1) is 11.4. The van der Waals surface area contributed by atoms with Crippen molar-refractivity contribution in [2.75, 3.05) is 19.0 Å². The molecule has 1 heterocycles. The third kappa shape index (κ3) is 2.22. The summed E-state index contributed by atoms with van der Waals surface area (Å²) in [5, 5.41) is 5.20. The summed E-state index contributed by atoms with van der Waals surface area (Å²) in [6.07, 6.45) is 0.444. The second kappa shape index (κ2) is 4.45. The van der Waals surface area contributed by atoms with Crippen LogP contribution >= 0.6 is 0 Å². The van der Waals surface area contributed by atoms with E-state index in [1.807, 2.05) is 18.2 Å². The molecule has 0 aliphatic carbocycles. The lowest BCUT2D eigenvalue weighted by molar-refractivity contribution is -0.117. The number of anilines is 1. The van der Waals surface area contributed by atoms with Gasteiger partial charge in [-0.2, -0.15) is 0 Å². The lowest BCUT2D eigenvalue weighted by atomic mass is 10.1. The summed E-state index contributed by atoms with van der Waals surface area (Å²) >= 11 is 0. The molecule has 5 heteroatoms. The van der Waals surface area contributed by atoms with E-state index in [0.717, 1.165) is 16.8 Å². The Morgan fingerprint density at radius 3 is 2.94 bits per heavy atom. The first-order valence-corrected chi connectivity index (χ1v) is 5.45. The predicted molar refractivity (Wildman–Crippen MR) is 64.9 cm³/mol. The third-order valence-corrected chi connectivity index (χ3v) is 2.90. The molecule has 0 bridgehead atoms. The Morgan fingerprint density at radius 1 is 1.47 bits per heavy atom. The Labute approximate surface area is 99.8 Å². The second-order valence-electron chi connectivity index (χ2n) is 4.03. The quantitative estimate of drug-likeness (QED) is 0.787. The molecule has 0 fully saturated rings. The van der Waals surface area contributed by atoms with Crippen LogP contribution in [0.15, 0.2) is 18.2 Å². The molecule has 0 aromatic heterocycles. The van der Waals surface area contributed by atoms with Crippen LogP contribution in [-0.4, -0.2) is 26.0 Å². The van der Waals surface area contributed by atoms with Crippen molar-refractivity contribution in [3.8, 4) is 0 Å². The van der Waals surface area contributed by atoms with E-state index in [1.54, 1.807) is 19.0 Å². The second-order valence-corrected chi connectivity index (χ2v) is 4.03. The van der Waals surface area contributed by atoms with Crippen LogP contribution in [0.2, 0.25) is 0 Å². The van der Waals surface area contributed by atoms with Crippen LogP contribution in [0.25, 0.3) is 0 Å². The lowest BCUT2D eigenvalue weighted by Crippen LogP contribution is -2.32. The lowest BCUT2D eigenvalue weighted by Gasteiger charge is -2.10. The molecule has 0 spiro atoms. The largest absolute Gasteiger partial charge is 0.341 e. The summed E-state index contributed by atoms with van der Waals surface area (Å²) in [5.74, 6) is 0.108. The molecule has 5 nitrogen and oxygen atoms in total. The maximum absolute atomic E-state index is 11.5. The van der Waals surface area contributed by atoms with Gasteiger partial charge in [-0.1, -0.05) is 12.1 Å². The Hall–Kier alpha value is -2.04. The van der Waals surface area contributed by atoms with Crippen LogP contribution in [-0.2, 0) is 17.8 Å². The molecular formula is C12H15N3O2. The molecule has 1 aromatic rings. The molecule has 1 aliphatic heterocycles. The zero-order valence-corrected chi connectivity index (χ0v) is 9.91. The van der Waals surface area contributed by atoms with Crippen LogP contribution in [0.3, 0.4) is 0 Å². The van der Waals surface area contributed by atoms with E-state index >= 15 is 0 Å². The van der Waals surface area contributed by atoms with Crippen molar-refractivity contribution < 1.29 is 9.59 Å². The van der Waals surface area contributed by atoms with Gasteiger partial charge in [0.1, 0.15) is 0 Å². The predicted octanol–water partition coefficient (Wildman–Crippen LogP) is 0.634. The van der Waals surface area contributed by atoms with Gasteiger partial charge in [0, 0.05) is 26.3 Å². The molecule has 0 saturated heterocycles. The number of likely N-dealkylation sites (N-methyl/N-ethyl adjacent to an activating group) is 1. The molecule has 0 saturated carbocycles. The molecule has 0 atom stereocenters. The monoisotopic (exact) mass is 233 g/mol. The van der Waals surface area contributed by atoms with Gasteiger partial charge in [-0.3, -0.25) is 4.79 Å². The highest BCUT2D eigenvalue weighted by Crippen LogP contribution is 2.28. The number of urea groups is 1. The number of rotatable bonds is 2. The summed E-state index contributed by atoms with van der Waals surface area (Å²) in [6, 6.07) is 5.59. The number of hydrogen-bond donors (Lipinski definition) is 2. The number of amides is 3. The van der Waals surface area contributed by atoms with Crippen LogP contribution in [0.1, 0.15) is 11.1 Å². The van der Waals surface area contributed by atoms with E-state index in [-0.39, 0.29) is 11.9 Å². The van der Waals surface area contributed by atoms with E-state index in [2.05, 4.69) is 10.6 Å². The fourth-order valence-corrected chi connectivity index (χ4v) is 1.90. The molecule has 17 heavy (non-hydrogen) atoms. The zero-order valence-electron chi connectivity index (χ0n) is 9.91. The molecular weight excluding hydrogens is 218 g/mol. The van der Waals surface area contributed by atoms with Crippen LogP contribution in [0, 0.1) is 0 Å². The zero-order chi connectivity index (χ0) is 12.4. The first-order valence-electron chi connectivity index (χ1n) is 5.45. The summed E-state index contributed by atoms with van der Waals surface area (Å²) in [4.78, 5) is 24.2. The summed E-state index contributed by atoms with van der Waals surface area (Å²) in [6.45, 7) is 0.463. The third-order valence-electron chi connectivity index (χ3n) is 2.90. The average molecular weight is 233 g/mol.